The van der Waals surface area contributed by atoms with E-state index in [4.69, 9.17) is 14.9 Å². The van der Waals surface area contributed by atoms with Crippen molar-refractivity contribution in [1.82, 2.24) is 15.0 Å². The van der Waals surface area contributed by atoms with Gasteiger partial charge in [0.25, 0.3) is 5.91 Å². The van der Waals surface area contributed by atoms with Gasteiger partial charge in [0.15, 0.2) is 11.8 Å². The maximum absolute atomic E-state index is 14.9. The number of nitrogens with one attached hydrogen (secondary N) is 1. The quantitative estimate of drug-likeness (QED) is 0.493. The third-order valence-electron chi connectivity index (χ3n) is 5.48. The number of hydrogen-bond donors (Lipinski definition) is 2. The van der Waals surface area contributed by atoms with Crippen LogP contribution in [-0.4, -0.2) is 37.4 Å². The van der Waals surface area contributed by atoms with Crippen LogP contribution in [-0.2, 0) is 12.1 Å². The largest absolute Gasteiger partial charge is 0.467 e. The maximum Gasteiger partial charge on any atom is 0.276 e. The van der Waals surface area contributed by atoms with E-state index in [1.807, 2.05) is 0 Å². The van der Waals surface area contributed by atoms with Crippen molar-refractivity contribution in [2.45, 2.75) is 44.1 Å². The zero-order valence-corrected chi connectivity index (χ0v) is 20.2. The van der Waals surface area contributed by atoms with Gasteiger partial charge < -0.3 is 20.2 Å². The molecule has 9 nitrogen and oxygen atoms in total. The van der Waals surface area contributed by atoms with Crippen LogP contribution in [0.3, 0.4) is 0 Å². The first kappa shape index (κ1) is 24.6. The number of nitrogens with two attached hydrogens (primary N) is 1. The lowest BCUT2D eigenvalue weighted by Gasteiger charge is -2.39. The van der Waals surface area contributed by atoms with E-state index in [1.54, 1.807) is 20.8 Å². The number of alkyl halides is 1. The zero-order chi connectivity index (χ0) is 25.2. The van der Waals surface area contributed by atoms with E-state index in [9.17, 15) is 13.6 Å². The van der Waals surface area contributed by atoms with Gasteiger partial charge in [0.05, 0.1) is 28.4 Å². The van der Waals surface area contributed by atoms with Crippen LogP contribution in [0.4, 0.5) is 14.5 Å². The molecule has 2 atom stereocenters. The van der Waals surface area contributed by atoms with Gasteiger partial charge >= 0.3 is 0 Å². The molecule has 3 aromatic rings. The number of halogens is 2. The third-order valence-corrected chi connectivity index (χ3v) is 6.53. The second kappa shape index (κ2) is 9.61. The highest BCUT2D eigenvalue weighted by Gasteiger charge is 2.43. The first-order valence-corrected chi connectivity index (χ1v) is 11.5. The summed E-state index contributed by atoms with van der Waals surface area (Å²) in [5, 5.41) is 2.89. The zero-order valence-electron chi connectivity index (χ0n) is 19.3. The minimum absolute atomic E-state index is 0.0662. The van der Waals surface area contributed by atoms with Crippen molar-refractivity contribution in [3.8, 4) is 5.88 Å². The normalized spacial score (nSPS) is 21.9. The molecule has 12 heteroatoms. The number of benzene rings is 1. The number of aryl methyl sites for hydroxylation is 1. The van der Waals surface area contributed by atoms with Crippen LogP contribution in [0.25, 0.3) is 0 Å². The monoisotopic (exact) mass is 502 g/mol. The first-order chi connectivity index (χ1) is 16.6. The van der Waals surface area contributed by atoms with Crippen molar-refractivity contribution in [3.63, 3.8) is 0 Å². The van der Waals surface area contributed by atoms with E-state index in [1.165, 1.54) is 36.9 Å². The van der Waals surface area contributed by atoms with Crippen molar-refractivity contribution in [3.05, 3.63) is 65.5 Å². The Hall–Kier alpha value is -3.54. The summed E-state index contributed by atoms with van der Waals surface area (Å²) in [4.78, 5) is 29.6. The number of hydrogen-bond acceptors (Lipinski definition) is 9. The number of anilines is 1. The van der Waals surface area contributed by atoms with E-state index in [0.717, 1.165) is 11.8 Å². The smallest absolute Gasteiger partial charge is 0.276 e. The number of amidine groups is 1. The molecule has 3 heterocycles. The first-order valence-electron chi connectivity index (χ1n) is 10.7. The highest BCUT2D eigenvalue weighted by atomic mass is 32.2. The molecule has 0 fully saturated rings. The number of ether oxygens (including phenoxy) is 1. The summed E-state index contributed by atoms with van der Waals surface area (Å²) in [6.45, 7) is 4.46. The average Bonchev–Trinajstić information content (AvgIpc) is 3.32. The Kier molecular flexibility index (Phi) is 6.75. The molecule has 0 bridgehead atoms. The Morgan fingerprint density at radius 3 is 2.83 bits per heavy atom. The standard InChI is InChI=1S/C23H24F2N6O3S/c1-13-19(28-9-17(29-13)34-10-18-27-6-7-33-18)20(32)30-14-4-5-16(25)15(8-14)23(3)11-22(2,12-24)35-21(26)31-23/h4-9H,10-12H2,1-3H3,(H2,26,31)(H,30,32)/t22-,23+/m1/s1. The summed E-state index contributed by atoms with van der Waals surface area (Å²) >= 11 is 1.14. The third kappa shape index (κ3) is 5.42. The number of nitrogens with zero attached hydrogens (tertiary/aromatic N) is 4. The number of rotatable bonds is 7. The van der Waals surface area contributed by atoms with Crippen molar-refractivity contribution in [2.75, 3.05) is 12.0 Å². The number of amides is 1. The van der Waals surface area contributed by atoms with E-state index in [-0.39, 0.29) is 35.3 Å². The minimum atomic E-state index is -1.10. The fourth-order valence-electron chi connectivity index (χ4n) is 3.97. The number of aliphatic imine (C=N–C) groups is 1. The molecule has 3 N–H and O–H groups in total. The fourth-order valence-corrected chi connectivity index (χ4v) is 5.13. The average molecular weight is 503 g/mol. The topological polar surface area (TPSA) is 129 Å². The number of aromatic nitrogens is 3. The second-order valence-corrected chi connectivity index (χ2v) is 10.2. The molecule has 1 aromatic carbocycles. The molecule has 184 valence electrons. The predicted molar refractivity (Wildman–Crippen MR) is 128 cm³/mol. The highest BCUT2D eigenvalue weighted by molar-refractivity contribution is 8.15. The molecule has 4 rings (SSSR count). The molecule has 1 aliphatic rings. The van der Waals surface area contributed by atoms with E-state index >= 15 is 0 Å². The van der Waals surface area contributed by atoms with Crippen molar-refractivity contribution in [1.29, 1.82) is 0 Å². The molecular formula is C23H24F2N6O3S. The Morgan fingerprint density at radius 2 is 2.14 bits per heavy atom. The van der Waals surface area contributed by atoms with Crippen molar-refractivity contribution >= 4 is 28.5 Å². The van der Waals surface area contributed by atoms with Crippen LogP contribution < -0.4 is 15.8 Å². The van der Waals surface area contributed by atoms with Crippen LogP contribution in [0.1, 0.15) is 47.9 Å². The van der Waals surface area contributed by atoms with Gasteiger partial charge in [-0.15, -0.1) is 0 Å². The molecule has 0 saturated carbocycles. The predicted octanol–water partition coefficient (Wildman–Crippen LogP) is 4.14. The summed E-state index contributed by atoms with van der Waals surface area (Å²) in [6.07, 6.45) is 4.48. The van der Waals surface area contributed by atoms with E-state index < -0.39 is 28.7 Å². The van der Waals surface area contributed by atoms with Gasteiger partial charge in [0.2, 0.25) is 11.8 Å². The van der Waals surface area contributed by atoms with Gasteiger partial charge in [-0.1, -0.05) is 11.8 Å². The van der Waals surface area contributed by atoms with Gasteiger partial charge in [0.1, 0.15) is 24.4 Å². The molecule has 2 aromatic heterocycles. The molecule has 0 saturated heterocycles. The molecular weight excluding hydrogens is 478 g/mol. The summed E-state index contributed by atoms with van der Waals surface area (Å²) in [7, 11) is 0. The number of thioether (sulfide) groups is 1. The van der Waals surface area contributed by atoms with Crippen LogP contribution in [0.15, 0.2) is 46.3 Å². The molecule has 0 aliphatic carbocycles. The Balaban J connectivity index is 1.52. The Bertz CT molecular complexity index is 1270. The summed E-state index contributed by atoms with van der Waals surface area (Å²) in [6, 6.07) is 4.14. The molecule has 0 spiro atoms. The van der Waals surface area contributed by atoms with Crippen LogP contribution in [0, 0.1) is 12.7 Å². The van der Waals surface area contributed by atoms with E-state index in [0.29, 0.717) is 17.3 Å². The van der Waals surface area contributed by atoms with E-state index in [2.05, 4.69) is 25.3 Å². The lowest BCUT2D eigenvalue weighted by Crippen LogP contribution is -2.41. The van der Waals surface area contributed by atoms with Crippen LogP contribution in [0.5, 0.6) is 5.88 Å². The summed E-state index contributed by atoms with van der Waals surface area (Å²) in [5.41, 5.74) is 5.78. The number of carbonyl (C=O) groups excluding carboxylic acids is 1. The van der Waals surface area contributed by atoms with Gasteiger partial charge in [-0.2, -0.15) is 0 Å². The number of oxazole rings is 1. The molecule has 0 unspecified atom stereocenters. The Morgan fingerprint density at radius 1 is 1.34 bits per heavy atom. The maximum atomic E-state index is 14.9. The van der Waals surface area contributed by atoms with Crippen molar-refractivity contribution in [2.24, 2.45) is 10.7 Å². The fraction of sp³-hybridized carbons (Fsp3) is 0.348. The van der Waals surface area contributed by atoms with Gasteiger partial charge in [0, 0.05) is 11.3 Å². The van der Waals surface area contributed by atoms with Crippen LogP contribution >= 0.6 is 11.8 Å². The Labute approximate surface area is 204 Å². The summed E-state index contributed by atoms with van der Waals surface area (Å²) < 4.78 is 38.3. The lowest BCUT2D eigenvalue weighted by molar-refractivity contribution is 0.102. The minimum Gasteiger partial charge on any atom is -0.467 e. The summed E-state index contributed by atoms with van der Waals surface area (Å²) in [5.74, 6) is -0.483. The molecule has 1 amide bonds. The molecule has 1 aliphatic heterocycles. The van der Waals surface area contributed by atoms with Gasteiger partial charge in [-0.05, 0) is 45.4 Å². The molecule has 35 heavy (non-hydrogen) atoms. The molecule has 0 radical (unpaired) electrons. The van der Waals surface area contributed by atoms with Gasteiger partial charge in [-0.25, -0.2) is 23.7 Å². The SMILES string of the molecule is Cc1nc(OCc2ncco2)cnc1C(=O)Nc1ccc(F)c([C@]2(C)C[C@](C)(CF)SC(N)=N2)c1. The number of carbonyl (C=O) groups is 1. The lowest BCUT2D eigenvalue weighted by atomic mass is 9.83. The second-order valence-electron chi connectivity index (χ2n) is 8.59. The van der Waals surface area contributed by atoms with Crippen LogP contribution in [0.2, 0.25) is 0 Å². The highest BCUT2D eigenvalue weighted by Crippen LogP contribution is 2.46. The van der Waals surface area contributed by atoms with Gasteiger partial charge in [-0.3, -0.25) is 9.79 Å². The van der Waals surface area contributed by atoms with Crippen molar-refractivity contribution < 1.29 is 22.7 Å².